The zero-order chi connectivity index (χ0) is 21.4. The van der Waals surface area contributed by atoms with Crippen molar-refractivity contribution in [1.82, 2.24) is 34.8 Å². The fraction of sp³-hybridized carbons (Fsp3) is 0.0476. The summed E-state index contributed by atoms with van der Waals surface area (Å²) in [5, 5.41) is 13.4. The van der Waals surface area contributed by atoms with E-state index in [0.717, 1.165) is 11.3 Å². The molecule has 4 heterocycles. The molecule has 0 atom stereocenters. The maximum atomic E-state index is 14.6. The fourth-order valence-electron chi connectivity index (χ4n) is 3.08. The molecule has 0 saturated carbocycles. The molecule has 0 aliphatic carbocycles. The fourth-order valence-corrected chi connectivity index (χ4v) is 3.08. The van der Waals surface area contributed by atoms with Gasteiger partial charge in [0.1, 0.15) is 5.69 Å². The second-order valence-corrected chi connectivity index (χ2v) is 6.80. The number of nitrogens with zero attached hydrogens (tertiary/aromatic N) is 6. The van der Waals surface area contributed by atoms with Crippen LogP contribution in [0.1, 0.15) is 16.2 Å². The van der Waals surface area contributed by atoms with Crippen LogP contribution in [-0.2, 0) is 0 Å². The van der Waals surface area contributed by atoms with Crippen LogP contribution in [0.3, 0.4) is 0 Å². The van der Waals surface area contributed by atoms with E-state index in [9.17, 15) is 9.18 Å². The molecule has 0 aliphatic rings. The van der Waals surface area contributed by atoms with Gasteiger partial charge in [-0.05, 0) is 6.92 Å². The third-order valence-corrected chi connectivity index (χ3v) is 4.63. The molecule has 0 fully saturated rings. The normalized spacial score (nSPS) is 11.0. The van der Waals surface area contributed by atoms with E-state index < -0.39 is 11.7 Å². The standard InChI is InChI=1S/C21H15FN8O/c1-12-8-24-17(10-23-12)14-9-25-28-19(14)21(31)26-16-7-18-27-20(13-5-3-2-4-6-13)29-30(18)11-15(16)22/h2-11H,1H3,(H,25,28)(H,26,31). The molecule has 1 amide bonds. The van der Waals surface area contributed by atoms with E-state index in [2.05, 4.69) is 35.6 Å². The van der Waals surface area contributed by atoms with Crippen LogP contribution in [0.2, 0.25) is 0 Å². The molecule has 1 aromatic carbocycles. The Labute approximate surface area is 175 Å². The highest BCUT2D eigenvalue weighted by molar-refractivity contribution is 6.07. The van der Waals surface area contributed by atoms with Gasteiger partial charge in [-0.3, -0.25) is 19.9 Å². The first-order valence-electron chi connectivity index (χ1n) is 9.33. The van der Waals surface area contributed by atoms with Gasteiger partial charge in [-0.15, -0.1) is 5.10 Å². The molecule has 9 nitrogen and oxygen atoms in total. The molecule has 5 rings (SSSR count). The van der Waals surface area contributed by atoms with E-state index in [4.69, 9.17) is 0 Å². The zero-order valence-corrected chi connectivity index (χ0v) is 16.2. The zero-order valence-electron chi connectivity index (χ0n) is 16.2. The number of aryl methyl sites for hydroxylation is 1. The van der Waals surface area contributed by atoms with Gasteiger partial charge in [0.25, 0.3) is 5.91 Å². The maximum absolute atomic E-state index is 14.6. The first-order valence-corrected chi connectivity index (χ1v) is 9.33. The number of aromatic amines is 1. The summed E-state index contributed by atoms with van der Waals surface area (Å²) in [6.45, 7) is 1.81. The Bertz CT molecular complexity index is 1390. The lowest BCUT2D eigenvalue weighted by molar-refractivity contribution is 0.102. The van der Waals surface area contributed by atoms with Crippen LogP contribution in [-0.4, -0.2) is 40.7 Å². The van der Waals surface area contributed by atoms with Crippen LogP contribution in [0.15, 0.2) is 61.2 Å². The third kappa shape index (κ3) is 3.50. The number of hydrogen-bond acceptors (Lipinski definition) is 6. The maximum Gasteiger partial charge on any atom is 0.274 e. The summed E-state index contributed by atoms with van der Waals surface area (Å²) >= 11 is 0. The van der Waals surface area contributed by atoms with Gasteiger partial charge in [-0.2, -0.15) is 5.10 Å². The van der Waals surface area contributed by atoms with E-state index in [0.29, 0.717) is 22.7 Å². The number of hydrogen-bond donors (Lipinski definition) is 2. The quantitative estimate of drug-likeness (QED) is 0.467. The number of aromatic nitrogens is 7. The molecule has 5 aromatic rings. The number of nitrogens with one attached hydrogen (secondary N) is 2. The lowest BCUT2D eigenvalue weighted by Crippen LogP contribution is -2.15. The molecule has 0 aliphatic heterocycles. The number of benzene rings is 1. The Balaban J connectivity index is 1.46. The molecule has 0 spiro atoms. The minimum atomic E-state index is -0.651. The summed E-state index contributed by atoms with van der Waals surface area (Å²) in [6.07, 6.45) is 5.78. The lowest BCUT2D eigenvalue weighted by Gasteiger charge is -2.07. The molecule has 0 bridgehead atoms. The smallest absolute Gasteiger partial charge is 0.274 e. The number of H-pyrrole nitrogens is 1. The number of anilines is 1. The van der Waals surface area contributed by atoms with Crippen LogP contribution < -0.4 is 5.32 Å². The first kappa shape index (κ1) is 18.6. The van der Waals surface area contributed by atoms with Crippen molar-refractivity contribution in [2.45, 2.75) is 6.92 Å². The molecule has 0 radical (unpaired) electrons. The number of carbonyl (C=O) groups is 1. The Morgan fingerprint density at radius 3 is 2.74 bits per heavy atom. The van der Waals surface area contributed by atoms with Gasteiger partial charge < -0.3 is 5.32 Å². The largest absolute Gasteiger partial charge is 0.318 e. The van der Waals surface area contributed by atoms with E-state index in [1.54, 1.807) is 12.4 Å². The summed E-state index contributed by atoms with van der Waals surface area (Å²) in [4.78, 5) is 25.7. The minimum Gasteiger partial charge on any atom is -0.318 e. The molecular weight excluding hydrogens is 399 g/mol. The lowest BCUT2D eigenvalue weighted by atomic mass is 10.2. The average Bonchev–Trinajstić information content (AvgIpc) is 3.42. The van der Waals surface area contributed by atoms with Gasteiger partial charge in [0.05, 0.1) is 41.2 Å². The molecule has 0 saturated heterocycles. The van der Waals surface area contributed by atoms with Crippen molar-refractivity contribution in [3.63, 3.8) is 0 Å². The second kappa shape index (κ2) is 7.41. The summed E-state index contributed by atoms with van der Waals surface area (Å²) in [5.74, 6) is -0.764. The number of fused-ring (bicyclic) bond motifs is 1. The van der Waals surface area contributed by atoms with Crippen molar-refractivity contribution in [3.05, 3.63) is 78.4 Å². The van der Waals surface area contributed by atoms with Crippen molar-refractivity contribution in [2.75, 3.05) is 5.32 Å². The number of halogens is 1. The van der Waals surface area contributed by atoms with Crippen LogP contribution in [0, 0.1) is 12.7 Å². The van der Waals surface area contributed by atoms with Crippen LogP contribution in [0.5, 0.6) is 0 Å². The summed E-state index contributed by atoms with van der Waals surface area (Å²) in [6, 6.07) is 10.8. The summed E-state index contributed by atoms with van der Waals surface area (Å²) < 4.78 is 16.0. The molecule has 0 unspecified atom stereocenters. The van der Waals surface area contributed by atoms with Gasteiger partial charge in [0, 0.05) is 17.8 Å². The van der Waals surface area contributed by atoms with Crippen molar-refractivity contribution in [2.24, 2.45) is 0 Å². The van der Waals surface area contributed by atoms with E-state index in [1.807, 2.05) is 37.3 Å². The van der Waals surface area contributed by atoms with Gasteiger partial charge in [-0.1, -0.05) is 30.3 Å². The molecule has 2 N–H and O–H groups in total. The molecule has 152 valence electrons. The summed E-state index contributed by atoms with van der Waals surface area (Å²) in [5.41, 5.74) is 3.00. The SMILES string of the molecule is Cc1cnc(-c2cn[nH]c2C(=O)Nc2cc3nc(-c4ccccc4)nn3cc2F)cn1. The Morgan fingerprint density at radius 1 is 1.13 bits per heavy atom. The van der Waals surface area contributed by atoms with Gasteiger partial charge in [0.2, 0.25) is 0 Å². The molecule has 10 heteroatoms. The van der Waals surface area contributed by atoms with Crippen molar-refractivity contribution in [3.8, 4) is 22.6 Å². The number of carbonyl (C=O) groups excluding carboxylic acids is 1. The Kier molecular flexibility index (Phi) is 4.43. The van der Waals surface area contributed by atoms with E-state index >= 15 is 0 Å². The van der Waals surface area contributed by atoms with Crippen LogP contribution in [0.4, 0.5) is 10.1 Å². The number of pyridine rings is 1. The predicted octanol–water partition coefficient (Wildman–Crippen LogP) is 3.28. The third-order valence-electron chi connectivity index (χ3n) is 4.63. The molecule has 4 aromatic heterocycles. The number of rotatable bonds is 4. The Morgan fingerprint density at radius 2 is 1.97 bits per heavy atom. The molecule has 31 heavy (non-hydrogen) atoms. The highest BCUT2D eigenvalue weighted by Crippen LogP contribution is 2.23. The summed E-state index contributed by atoms with van der Waals surface area (Å²) in [7, 11) is 0. The number of amides is 1. The first-order chi connectivity index (χ1) is 15.1. The van der Waals surface area contributed by atoms with Gasteiger partial charge in [0.15, 0.2) is 17.3 Å². The minimum absolute atomic E-state index is 0.0277. The van der Waals surface area contributed by atoms with Crippen molar-refractivity contribution < 1.29 is 9.18 Å². The van der Waals surface area contributed by atoms with Gasteiger partial charge in [-0.25, -0.2) is 13.9 Å². The highest BCUT2D eigenvalue weighted by Gasteiger charge is 2.19. The van der Waals surface area contributed by atoms with Crippen molar-refractivity contribution >= 4 is 17.2 Å². The van der Waals surface area contributed by atoms with E-state index in [-0.39, 0.29) is 11.4 Å². The van der Waals surface area contributed by atoms with E-state index in [1.165, 1.54) is 23.0 Å². The van der Waals surface area contributed by atoms with Crippen LogP contribution >= 0.6 is 0 Å². The Hall–Kier alpha value is -4.47. The second-order valence-electron chi connectivity index (χ2n) is 6.80. The topological polar surface area (TPSA) is 114 Å². The van der Waals surface area contributed by atoms with Gasteiger partial charge >= 0.3 is 0 Å². The predicted molar refractivity (Wildman–Crippen MR) is 111 cm³/mol. The monoisotopic (exact) mass is 414 g/mol. The van der Waals surface area contributed by atoms with Crippen molar-refractivity contribution in [1.29, 1.82) is 0 Å². The average molecular weight is 414 g/mol. The van der Waals surface area contributed by atoms with Crippen LogP contribution in [0.25, 0.3) is 28.3 Å². The molecular formula is C21H15FN8O. The highest BCUT2D eigenvalue weighted by atomic mass is 19.1.